The highest BCUT2D eigenvalue weighted by atomic mass is 16.7. The molecule has 6 atom stereocenters. The molecule has 0 aromatic carbocycles. The zero-order chi connectivity index (χ0) is 39.7. The molecule has 11 nitrogen and oxygen atoms in total. The number of aliphatic hydroxyl groups excluding tert-OH is 3. The van der Waals surface area contributed by atoms with Crippen LogP contribution in [-0.2, 0) is 33.3 Å². The van der Waals surface area contributed by atoms with Crippen LogP contribution >= 0.6 is 0 Å². The van der Waals surface area contributed by atoms with Gasteiger partial charge in [0.2, 0.25) is 0 Å². The highest BCUT2D eigenvalue weighted by Crippen LogP contribution is 2.23. The molecule has 0 spiro atoms. The Labute approximate surface area is 326 Å². The number of aliphatic carboxylic acids is 1. The number of rotatable bonds is 36. The Morgan fingerprint density at radius 2 is 0.981 bits per heavy atom. The van der Waals surface area contributed by atoms with Crippen molar-refractivity contribution >= 4 is 17.9 Å². The van der Waals surface area contributed by atoms with Gasteiger partial charge < -0.3 is 39.4 Å². The van der Waals surface area contributed by atoms with Gasteiger partial charge in [0.1, 0.15) is 24.9 Å². The molecule has 0 aromatic rings. The van der Waals surface area contributed by atoms with E-state index in [2.05, 4.69) is 26.0 Å². The third kappa shape index (κ3) is 25.9. The number of hydrogen-bond donors (Lipinski definition) is 4. The summed E-state index contributed by atoms with van der Waals surface area (Å²) < 4.78 is 21.7. The number of carboxylic acids is 1. The molecule has 1 saturated heterocycles. The third-order valence-electron chi connectivity index (χ3n) is 10.1. The normalized spacial score (nSPS) is 20.6. The minimum atomic E-state index is -1.86. The molecule has 0 saturated carbocycles. The van der Waals surface area contributed by atoms with E-state index in [4.69, 9.17) is 18.9 Å². The summed E-state index contributed by atoms with van der Waals surface area (Å²) in [7, 11) is 0. The molecule has 6 unspecified atom stereocenters. The van der Waals surface area contributed by atoms with E-state index in [-0.39, 0.29) is 26.1 Å². The topological polar surface area (TPSA) is 169 Å². The number of carbonyl (C=O) groups is 3. The summed E-state index contributed by atoms with van der Waals surface area (Å²) in [6.07, 6.45) is 25.5. The Bertz CT molecular complexity index is 958. The minimum absolute atomic E-state index is 0.187. The Hall–Kier alpha value is -2.05. The lowest BCUT2D eigenvalue weighted by Crippen LogP contribution is -2.60. The van der Waals surface area contributed by atoms with Gasteiger partial charge in [-0.15, -0.1) is 0 Å². The molecule has 1 aliphatic rings. The van der Waals surface area contributed by atoms with Crippen LogP contribution in [0.1, 0.15) is 194 Å². The quantitative estimate of drug-likeness (QED) is 0.0273. The van der Waals surface area contributed by atoms with E-state index in [9.17, 15) is 34.8 Å². The first kappa shape index (κ1) is 50.0. The maximum absolute atomic E-state index is 12.7. The molecule has 316 valence electrons. The fraction of sp³-hybridized carbons (Fsp3) is 0.884. The van der Waals surface area contributed by atoms with Crippen LogP contribution in [0, 0.1) is 0 Å². The Kier molecular flexibility index (Phi) is 31.7. The average Bonchev–Trinajstić information content (AvgIpc) is 3.15. The Morgan fingerprint density at radius 1 is 0.556 bits per heavy atom. The first-order chi connectivity index (χ1) is 26.2. The van der Waals surface area contributed by atoms with Crippen molar-refractivity contribution in [1.82, 2.24) is 0 Å². The zero-order valence-electron chi connectivity index (χ0n) is 34.0. The van der Waals surface area contributed by atoms with E-state index in [1.807, 2.05) is 0 Å². The first-order valence-electron chi connectivity index (χ1n) is 21.7. The maximum Gasteiger partial charge on any atom is 0.335 e. The summed E-state index contributed by atoms with van der Waals surface area (Å²) in [4.78, 5) is 36.7. The van der Waals surface area contributed by atoms with Crippen molar-refractivity contribution in [2.45, 2.75) is 230 Å². The molecule has 0 amide bonds. The van der Waals surface area contributed by atoms with E-state index in [1.54, 1.807) is 0 Å². The second kappa shape index (κ2) is 34.2. The fourth-order valence-corrected chi connectivity index (χ4v) is 6.64. The van der Waals surface area contributed by atoms with E-state index in [1.165, 1.54) is 96.3 Å². The second-order valence-electron chi connectivity index (χ2n) is 15.2. The van der Waals surface area contributed by atoms with Crippen LogP contribution in [0.15, 0.2) is 12.2 Å². The van der Waals surface area contributed by atoms with E-state index in [0.29, 0.717) is 12.8 Å². The summed E-state index contributed by atoms with van der Waals surface area (Å²) in [5.74, 6) is -2.44. The van der Waals surface area contributed by atoms with Crippen LogP contribution in [0.5, 0.6) is 0 Å². The van der Waals surface area contributed by atoms with Gasteiger partial charge in [0.05, 0.1) is 6.61 Å². The van der Waals surface area contributed by atoms with Crippen LogP contribution in [0.4, 0.5) is 0 Å². The maximum atomic E-state index is 12.7. The molecule has 0 bridgehead atoms. The number of aliphatic hydroxyl groups is 3. The number of hydrogen-bond acceptors (Lipinski definition) is 10. The molecule has 1 fully saturated rings. The predicted octanol–water partition coefficient (Wildman–Crippen LogP) is 8.87. The summed E-state index contributed by atoms with van der Waals surface area (Å²) in [5.41, 5.74) is 0. The number of allylic oxidation sites excluding steroid dienone is 2. The second-order valence-corrected chi connectivity index (χ2v) is 15.2. The number of carbonyl (C=O) groups excluding carboxylic acids is 2. The van der Waals surface area contributed by atoms with Crippen molar-refractivity contribution in [3.05, 3.63) is 12.2 Å². The molecule has 11 heteroatoms. The molecule has 1 rings (SSSR count). The van der Waals surface area contributed by atoms with Crippen LogP contribution in [0.2, 0.25) is 0 Å². The lowest BCUT2D eigenvalue weighted by atomic mass is 9.99. The summed E-state index contributed by atoms with van der Waals surface area (Å²) >= 11 is 0. The predicted molar refractivity (Wildman–Crippen MR) is 211 cm³/mol. The smallest absolute Gasteiger partial charge is 0.335 e. The lowest BCUT2D eigenvalue weighted by Gasteiger charge is -2.38. The van der Waals surface area contributed by atoms with Crippen LogP contribution in [0.3, 0.4) is 0 Å². The van der Waals surface area contributed by atoms with Crippen molar-refractivity contribution in [2.75, 3.05) is 13.2 Å². The molecular weight excluding hydrogens is 692 g/mol. The SMILES string of the molecule is CCCCCC/C=C\CCCCCCCC(=O)OCC(COC1OC(C(=O)O)C(O)C(O)C1O)OC(=O)CCCCCCCCCCCCCCCCC. The van der Waals surface area contributed by atoms with E-state index < -0.39 is 54.7 Å². The monoisotopic (exact) mass is 771 g/mol. The zero-order valence-corrected chi connectivity index (χ0v) is 34.0. The number of esters is 2. The fourth-order valence-electron chi connectivity index (χ4n) is 6.64. The van der Waals surface area contributed by atoms with Crippen molar-refractivity contribution in [1.29, 1.82) is 0 Å². The highest BCUT2D eigenvalue weighted by molar-refractivity contribution is 5.73. The molecule has 0 radical (unpaired) electrons. The summed E-state index contributed by atoms with van der Waals surface area (Å²) in [5, 5.41) is 39.7. The van der Waals surface area contributed by atoms with Crippen molar-refractivity contribution in [2.24, 2.45) is 0 Å². The van der Waals surface area contributed by atoms with Gasteiger partial charge in [0.15, 0.2) is 18.5 Å². The molecular formula is C43H78O11. The van der Waals surface area contributed by atoms with Crippen LogP contribution in [-0.4, -0.2) is 88.4 Å². The molecule has 0 aliphatic carbocycles. The third-order valence-corrected chi connectivity index (χ3v) is 10.1. The molecule has 1 heterocycles. The van der Waals surface area contributed by atoms with Crippen molar-refractivity contribution < 1.29 is 53.8 Å². The summed E-state index contributed by atoms with van der Waals surface area (Å²) in [6, 6.07) is 0. The van der Waals surface area contributed by atoms with Gasteiger partial charge in [-0.05, 0) is 38.5 Å². The lowest BCUT2D eigenvalue weighted by molar-refractivity contribution is -0.298. The number of unbranched alkanes of at least 4 members (excludes halogenated alkanes) is 23. The van der Waals surface area contributed by atoms with Gasteiger partial charge in [-0.1, -0.05) is 154 Å². The van der Waals surface area contributed by atoms with Gasteiger partial charge in [-0.2, -0.15) is 0 Å². The van der Waals surface area contributed by atoms with Gasteiger partial charge in [0.25, 0.3) is 0 Å². The molecule has 0 aromatic heterocycles. The summed E-state index contributed by atoms with van der Waals surface area (Å²) in [6.45, 7) is 3.79. The molecule has 1 aliphatic heterocycles. The van der Waals surface area contributed by atoms with Crippen LogP contribution < -0.4 is 0 Å². The van der Waals surface area contributed by atoms with Crippen LogP contribution in [0.25, 0.3) is 0 Å². The standard InChI is InChI=1S/C43H78O11/c1-3-5-7-9-11-13-15-17-18-20-22-24-26-28-30-32-37(45)53-35(34-52-43-40(48)38(46)39(47)41(54-43)42(49)50)33-51-36(44)31-29-27-25-23-21-19-16-14-12-10-8-6-4-2/h14,16,35,38-41,43,46-48H,3-13,15,17-34H2,1-2H3,(H,49,50)/b16-14-. The number of ether oxygens (including phenoxy) is 4. The van der Waals surface area contributed by atoms with Gasteiger partial charge in [-0.25, -0.2) is 4.79 Å². The first-order valence-corrected chi connectivity index (χ1v) is 21.7. The van der Waals surface area contributed by atoms with Gasteiger partial charge in [-0.3, -0.25) is 9.59 Å². The minimum Gasteiger partial charge on any atom is -0.479 e. The van der Waals surface area contributed by atoms with E-state index >= 15 is 0 Å². The molecule has 4 N–H and O–H groups in total. The highest BCUT2D eigenvalue weighted by Gasteiger charge is 2.47. The van der Waals surface area contributed by atoms with Gasteiger partial charge >= 0.3 is 17.9 Å². The molecule has 54 heavy (non-hydrogen) atoms. The van der Waals surface area contributed by atoms with E-state index in [0.717, 1.165) is 57.8 Å². The Balaban J connectivity index is 2.39. The van der Waals surface area contributed by atoms with Gasteiger partial charge in [0, 0.05) is 12.8 Å². The van der Waals surface area contributed by atoms with Crippen molar-refractivity contribution in [3.63, 3.8) is 0 Å². The Morgan fingerprint density at radius 3 is 1.46 bits per heavy atom. The average molecular weight is 771 g/mol. The largest absolute Gasteiger partial charge is 0.479 e. The van der Waals surface area contributed by atoms with Crippen molar-refractivity contribution in [3.8, 4) is 0 Å². The number of carboxylic acid groups (broad SMARTS) is 1.